The molecular formula is C9H17ClO. The molecule has 2 heteroatoms. The van der Waals surface area contributed by atoms with E-state index in [0.717, 1.165) is 5.92 Å². The Morgan fingerprint density at radius 2 is 2.09 bits per heavy atom. The van der Waals surface area contributed by atoms with Gasteiger partial charge in [-0.05, 0) is 18.8 Å². The van der Waals surface area contributed by atoms with E-state index in [1.807, 2.05) is 0 Å². The van der Waals surface area contributed by atoms with E-state index in [-0.39, 0.29) is 0 Å². The lowest BCUT2D eigenvalue weighted by molar-refractivity contribution is 0.0116. The zero-order valence-corrected chi connectivity index (χ0v) is 7.94. The van der Waals surface area contributed by atoms with Crippen LogP contribution in [-0.2, 0) is 4.74 Å². The van der Waals surface area contributed by atoms with Crippen molar-refractivity contribution in [1.29, 1.82) is 0 Å². The van der Waals surface area contributed by atoms with Crippen molar-refractivity contribution in [1.82, 2.24) is 0 Å². The molecule has 0 spiro atoms. The molecule has 0 radical (unpaired) electrons. The molecular weight excluding hydrogens is 160 g/mol. The van der Waals surface area contributed by atoms with Gasteiger partial charge in [-0.3, -0.25) is 0 Å². The molecule has 0 aromatic heterocycles. The molecule has 1 aliphatic carbocycles. The summed E-state index contributed by atoms with van der Waals surface area (Å²) in [6.45, 7) is 2.24. The fourth-order valence-corrected chi connectivity index (χ4v) is 2.10. The Morgan fingerprint density at radius 1 is 1.36 bits per heavy atom. The molecule has 0 aliphatic heterocycles. The summed E-state index contributed by atoms with van der Waals surface area (Å²) in [5.74, 6) is 0.766. The summed E-state index contributed by atoms with van der Waals surface area (Å²) >= 11 is 5.53. The lowest BCUT2D eigenvalue weighted by Crippen LogP contribution is -2.26. The molecule has 1 aliphatic rings. The molecule has 0 aromatic rings. The summed E-state index contributed by atoms with van der Waals surface area (Å²) in [5.41, 5.74) is 0. The summed E-state index contributed by atoms with van der Waals surface area (Å²) < 4.78 is 5.45. The second-order valence-electron chi connectivity index (χ2n) is 3.27. The molecule has 1 fully saturated rings. The van der Waals surface area contributed by atoms with Gasteiger partial charge in [0.2, 0.25) is 0 Å². The van der Waals surface area contributed by atoms with Gasteiger partial charge in [0.05, 0.1) is 6.10 Å². The molecule has 1 nitrogen and oxygen atoms in total. The predicted molar refractivity (Wildman–Crippen MR) is 47.8 cm³/mol. The Bertz CT molecular complexity index is 104. The maximum Gasteiger partial charge on any atom is 0.121 e. The number of alkyl halides is 1. The molecule has 0 amide bonds. The third-order valence-electron chi connectivity index (χ3n) is 2.64. The molecule has 0 N–H and O–H groups in total. The zero-order valence-electron chi connectivity index (χ0n) is 7.18. The van der Waals surface area contributed by atoms with Gasteiger partial charge < -0.3 is 4.74 Å². The van der Waals surface area contributed by atoms with Gasteiger partial charge in [-0.25, -0.2) is 0 Å². The van der Waals surface area contributed by atoms with E-state index in [2.05, 4.69) is 6.92 Å². The van der Waals surface area contributed by atoms with Gasteiger partial charge in [0, 0.05) is 0 Å². The van der Waals surface area contributed by atoms with Crippen molar-refractivity contribution in [2.45, 2.75) is 45.1 Å². The first kappa shape index (κ1) is 9.34. The number of halogens is 1. The molecule has 0 saturated heterocycles. The van der Waals surface area contributed by atoms with Gasteiger partial charge in [-0.1, -0.05) is 37.8 Å². The van der Waals surface area contributed by atoms with E-state index in [4.69, 9.17) is 16.3 Å². The minimum absolute atomic E-state index is 0.362. The van der Waals surface area contributed by atoms with Crippen LogP contribution in [0.1, 0.15) is 39.0 Å². The van der Waals surface area contributed by atoms with Crippen LogP contribution in [0.4, 0.5) is 0 Å². The highest BCUT2D eigenvalue weighted by Gasteiger charge is 2.23. The predicted octanol–water partition coefficient (Wildman–Crippen LogP) is 3.17. The normalized spacial score (nSPS) is 32.2. The fourth-order valence-electron chi connectivity index (χ4n) is 1.94. The summed E-state index contributed by atoms with van der Waals surface area (Å²) in [4.78, 5) is 0. The summed E-state index contributed by atoms with van der Waals surface area (Å²) in [5, 5.41) is 0. The highest BCUT2D eigenvalue weighted by molar-refractivity contribution is 6.17. The Morgan fingerprint density at radius 3 is 2.73 bits per heavy atom. The van der Waals surface area contributed by atoms with Crippen LogP contribution in [0, 0.1) is 5.92 Å². The quantitative estimate of drug-likeness (QED) is 0.601. The van der Waals surface area contributed by atoms with E-state index in [1.165, 1.54) is 32.1 Å². The second kappa shape index (κ2) is 5.00. The first-order valence-corrected chi connectivity index (χ1v) is 5.09. The standard InChI is InChI=1S/C9H17ClO/c1-2-8-5-3-4-6-9(8)11-7-10/h8-9H,2-7H2,1H3. The van der Waals surface area contributed by atoms with Crippen LogP contribution < -0.4 is 0 Å². The Hall–Kier alpha value is 0.250. The van der Waals surface area contributed by atoms with Gasteiger partial charge in [0.15, 0.2) is 0 Å². The Balaban J connectivity index is 2.31. The van der Waals surface area contributed by atoms with Crippen LogP contribution in [0.25, 0.3) is 0 Å². The number of rotatable bonds is 3. The van der Waals surface area contributed by atoms with Gasteiger partial charge in [0.25, 0.3) is 0 Å². The summed E-state index contributed by atoms with van der Waals surface area (Å²) in [6.07, 6.45) is 6.93. The molecule has 0 heterocycles. The van der Waals surface area contributed by atoms with E-state index in [9.17, 15) is 0 Å². The highest BCUT2D eigenvalue weighted by Crippen LogP contribution is 2.28. The van der Waals surface area contributed by atoms with Crippen LogP contribution in [0.5, 0.6) is 0 Å². The minimum atomic E-state index is 0.362. The fraction of sp³-hybridized carbons (Fsp3) is 1.00. The van der Waals surface area contributed by atoms with Crippen molar-refractivity contribution >= 4 is 11.6 Å². The van der Waals surface area contributed by atoms with Gasteiger partial charge in [-0.15, -0.1) is 0 Å². The lowest BCUT2D eigenvalue weighted by Gasteiger charge is -2.29. The number of hydrogen-bond donors (Lipinski definition) is 0. The second-order valence-corrected chi connectivity index (χ2v) is 3.49. The average molecular weight is 177 g/mol. The zero-order chi connectivity index (χ0) is 8.10. The molecule has 0 bridgehead atoms. The Labute approximate surface area is 74.1 Å². The maximum absolute atomic E-state index is 5.53. The van der Waals surface area contributed by atoms with Crippen LogP contribution in [0.2, 0.25) is 0 Å². The van der Waals surface area contributed by atoms with Gasteiger partial charge in [-0.2, -0.15) is 0 Å². The third-order valence-corrected chi connectivity index (χ3v) is 2.77. The van der Waals surface area contributed by atoms with Crippen molar-refractivity contribution in [3.8, 4) is 0 Å². The minimum Gasteiger partial charge on any atom is -0.362 e. The van der Waals surface area contributed by atoms with E-state index in [0.29, 0.717) is 12.2 Å². The smallest absolute Gasteiger partial charge is 0.121 e. The molecule has 1 rings (SSSR count). The van der Waals surface area contributed by atoms with Gasteiger partial charge in [0.1, 0.15) is 6.07 Å². The molecule has 2 unspecified atom stereocenters. The third kappa shape index (κ3) is 2.64. The first-order valence-electron chi connectivity index (χ1n) is 4.56. The van der Waals surface area contributed by atoms with Gasteiger partial charge >= 0.3 is 0 Å². The number of hydrogen-bond acceptors (Lipinski definition) is 1. The largest absolute Gasteiger partial charge is 0.362 e. The average Bonchev–Trinajstić information content (AvgIpc) is 2.06. The topological polar surface area (TPSA) is 9.23 Å². The lowest BCUT2D eigenvalue weighted by atomic mass is 9.85. The SMILES string of the molecule is CCC1CCCCC1OCCl. The van der Waals surface area contributed by atoms with Crippen molar-refractivity contribution in [3.05, 3.63) is 0 Å². The van der Waals surface area contributed by atoms with Crippen molar-refractivity contribution in [3.63, 3.8) is 0 Å². The van der Waals surface area contributed by atoms with Crippen LogP contribution in [-0.4, -0.2) is 12.2 Å². The van der Waals surface area contributed by atoms with Crippen LogP contribution >= 0.6 is 11.6 Å². The monoisotopic (exact) mass is 176 g/mol. The van der Waals surface area contributed by atoms with E-state index in [1.54, 1.807) is 0 Å². The molecule has 11 heavy (non-hydrogen) atoms. The van der Waals surface area contributed by atoms with Crippen molar-refractivity contribution < 1.29 is 4.74 Å². The number of ether oxygens (including phenoxy) is 1. The Kier molecular flexibility index (Phi) is 4.24. The van der Waals surface area contributed by atoms with Crippen molar-refractivity contribution in [2.24, 2.45) is 5.92 Å². The molecule has 1 saturated carbocycles. The molecule has 0 aromatic carbocycles. The molecule has 2 atom stereocenters. The van der Waals surface area contributed by atoms with E-state index >= 15 is 0 Å². The summed E-state index contributed by atoms with van der Waals surface area (Å²) in [7, 11) is 0. The molecule has 66 valence electrons. The van der Waals surface area contributed by atoms with E-state index < -0.39 is 0 Å². The van der Waals surface area contributed by atoms with Crippen LogP contribution in [0.15, 0.2) is 0 Å². The highest BCUT2D eigenvalue weighted by atomic mass is 35.5. The van der Waals surface area contributed by atoms with Crippen molar-refractivity contribution in [2.75, 3.05) is 6.07 Å². The first-order chi connectivity index (χ1) is 5.38. The van der Waals surface area contributed by atoms with Crippen LogP contribution in [0.3, 0.4) is 0 Å². The maximum atomic E-state index is 5.53. The summed E-state index contributed by atoms with van der Waals surface area (Å²) in [6, 6.07) is 0.362.